The van der Waals surface area contributed by atoms with Crippen LogP contribution in [0.3, 0.4) is 0 Å². The van der Waals surface area contributed by atoms with E-state index in [1.807, 2.05) is 25.1 Å². The number of benzene rings is 1. The number of Topliss-reactive ketones (excluding diaryl/α,β-unsaturated/α-hetero) is 1. The van der Waals surface area contributed by atoms with Crippen molar-refractivity contribution < 1.29 is 19.1 Å². The Morgan fingerprint density at radius 3 is 2.58 bits per heavy atom. The van der Waals surface area contributed by atoms with E-state index >= 15 is 0 Å². The van der Waals surface area contributed by atoms with Crippen molar-refractivity contribution in [3.8, 4) is 11.6 Å². The smallest absolute Gasteiger partial charge is 0.295 e. The van der Waals surface area contributed by atoms with Gasteiger partial charge in [0.15, 0.2) is 5.82 Å². The van der Waals surface area contributed by atoms with Crippen molar-refractivity contribution in [2.75, 3.05) is 32.5 Å². The Kier molecular flexibility index (Phi) is 5.84. The van der Waals surface area contributed by atoms with E-state index in [0.717, 1.165) is 0 Å². The number of nitrogen functional groups attached to an aromatic ring is 1. The normalized spacial score (nSPS) is 15.8. The van der Waals surface area contributed by atoms with Gasteiger partial charge in [-0.1, -0.05) is 18.2 Å². The molecular formula is C24H24N8O4. The van der Waals surface area contributed by atoms with Crippen LogP contribution in [0.25, 0.3) is 16.7 Å². The number of ketones is 1. The lowest BCUT2D eigenvalue weighted by atomic mass is 10.1. The number of hydrogen-bond donors (Lipinski definition) is 2. The van der Waals surface area contributed by atoms with E-state index in [1.165, 1.54) is 35.4 Å². The average molecular weight is 489 g/mol. The number of pyridine rings is 1. The third-order valence-corrected chi connectivity index (χ3v) is 6.24. The Hall–Kier alpha value is -4.74. The van der Waals surface area contributed by atoms with Crippen molar-refractivity contribution in [3.05, 3.63) is 60.2 Å². The number of nitrogens with zero attached hydrogens (tertiary/aromatic N) is 6. The number of fused-ring (bicyclic) bond motifs is 1. The monoisotopic (exact) mass is 488 g/mol. The van der Waals surface area contributed by atoms with Crippen LogP contribution >= 0.6 is 0 Å². The lowest BCUT2D eigenvalue weighted by Gasteiger charge is -2.39. The average Bonchev–Trinajstić information content (AvgIpc) is 3.54. The number of methoxy groups -OCH3 is 1. The van der Waals surface area contributed by atoms with Crippen LogP contribution in [0.5, 0.6) is 5.75 Å². The Bertz CT molecular complexity index is 1460. The molecule has 1 aromatic carbocycles. The summed E-state index contributed by atoms with van der Waals surface area (Å²) in [5.41, 5.74) is 6.82. The zero-order valence-corrected chi connectivity index (χ0v) is 19.7. The predicted molar refractivity (Wildman–Crippen MR) is 130 cm³/mol. The molecule has 0 saturated carbocycles. The molecule has 0 aliphatic carbocycles. The summed E-state index contributed by atoms with van der Waals surface area (Å²) in [4.78, 5) is 53.9. The molecule has 5 rings (SSSR count). The van der Waals surface area contributed by atoms with E-state index in [4.69, 9.17) is 10.5 Å². The number of ether oxygens (including phenoxy) is 1. The first kappa shape index (κ1) is 23.0. The number of anilines is 1. The molecule has 1 fully saturated rings. The molecule has 1 aliphatic rings. The number of nitrogens with two attached hydrogens (primary N) is 1. The largest absolute Gasteiger partial charge is 0.494 e. The number of rotatable bonds is 5. The minimum absolute atomic E-state index is 0.0674. The van der Waals surface area contributed by atoms with Gasteiger partial charge in [-0.05, 0) is 19.1 Å². The molecule has 12 nitrogen and oxygen atoms in total. The maximum atomic E-state index is 13.4. The number of piperazine rings is 1. The summed E-state index contributed by atoms with van der Waals surface area (Å²) in [7, 11) is 1.46. The van der Waals surface area contributed by atoms with E-state index in [-0.39, 0.29) is 36.6 Å². The lowest BCUT2D eigenvalue weighted by molar-refractivity contribution is -0.128. The molecule has 3 N–H and O–H groups in total. The fraction of sp³-hybridized carbons (Fsp3) is 0.250. The molecule has 1 atom stereocenters. The number of carbonyl (C=O) groups is 3. The maximum absolute atomic E-state index is 13.4. The van der Waals surface area contributed by atoms with Crippen molar-refractivity contribution in [1.82, 2.24) is 34.5 Å². The van der Waals surface area contributed by atoms with Crippen LogP contribution in [0.4, 0.5) is 5.95 Å². The van der Waals surface area contributed by atoms with Crippen molar-refractivity contribution in [1.29, 1.82) is 0 Å². The highest BCUT2D eigenvalue weighted by Gasteiger charge is 2.34. The predicted octanol–water partition coefficient (Wildman–Crippen LogP) is 1.29. The fourth-order valence-corrected chi connectivity index (χ4v) is 4.44. The number of carbonyl (C=O) groups excluding carboxylic acids is 3. The molecular weight excluding hydrogens is 464 g/mol. The summed E-state index contributed by atoms with van der Waals surface area (Å²) in [5, 5.41) is 4.47. The van der Waals surface area contributed by atoms with Crippen LogP contribution < -0.4 is 10.5 Å². The molecule has 36 heavy (non-hydrogen) atoms. The van der Waals surface area contributed by atoms with Crippen molar-refractivity contribution in [2.45, 2.75) is 13.0 Å². The molecule has 3 aromatic heterocycles. The highest BCUT2D eigenvalue weighted by atomic mass is 16.5. The standard InChI is InChI=1S/C24H24N8O4/c1-14-12-30(8-9-31(14)22(34)15-6-4-3-5-7-15)23(35)20(33)16-10-26-19-18(16)17(36-2)11-27-21(19)32-13-28-24(25)29-32/h3-7,10-11,13-14,26H,8-9,12H2,1-2H3,(H2,25,29). The maximum Gasteiger partial charge on any atom is 0.295 e. The second kappa shape index (κ2) is 9.13. The lowest BCUT2D eigenvalue weighted by Crippen LogP contribution is -2.56. The number of aromatic amines is 1. The summed E-state index contributed by atoms with van der Waals surface area (Å²) in [5.74, 6) is -0.701. The first-order valence-corrected chi connectivity index (χ1v) is 11.3. The quantitative estimate of drug-likeness (QED) is 0.315. The summed E-state index contributed by atoms with van der Waals surface area (Å²) in [6.07, 6.45) is 4.30. The van der Waals surface area contributed by atoms with Crippen LogP contribution in [-0.4, -0.2) is 84.9 Å². The SMILES string of the molecule is COc1cnc(-n2cnc(N)n2)c2[nH]cc(C(=O)C(=O)N3CCN(C(=O)c4ccccc4)C(C)C3)c12. The van der Waals surface area contributed by atoms with Gasteiger partial charge >= 0.3 is 0 Å². The fourth-order valence-electron chi connectivity index (χ4n) is 4.44. The molecule has 184 valence electrons. The van der Waals surface area contributed by atoms with Gasteiger partial charge in [0, 0.05) is 37.4 Å². The Morgan fingerprint density at radius 1 is 1.14 bits per heavy atom. The molecule has 0 radical (unpaired) electrons. The molecule has 1 unspecified atom stereocenters. The van der Waals surface area contributed by atoms with Gasteiger partial charge < -0.3 is 25.3 Å². The first-order chi connectivity index (χ1) is 17.4. The van der Waals surface area contributed by atoms with Crippen LogP contribution in [0.1, 0.15) is 27.6 Å². The molecule has 0 spiro atoms. The second-order valence-corrected chi connectivity index (χ2v) is 8.44. The number of aromatic nitrogens is 5. The van der Waals surface area contributed by atoms with Crippen molar-refractivity contribution >= 4 is 34.4 Å². The Morgan fingerprint density at radius 2 is 1.92 bits per heavy atom. The number of hydrogen-bond acceptors (Lipinski definition) is 8. The van der Waals surface area contributed by atoms with E-state index in [0.29, 0.717) is 34.6 Å². The highest BCUT2D eigenvalue weighted by molar-refractivity contribution is 6.45. The molecule has 0 bridgehead atoms. The Balaban J connectivity index is 1.39. The minimum atomic E-state index is -0.690. The van der Waals surface area contributed by atoms with Gasteiger partial charge in [-0.25, -0.2) is 9.97 Å². The van der Waals surface area contributed by atoms with E-state index in [1.54, 1.807) is 17.0 Å². The van der Waals surface area contributed by atoms with Gasteiger partial charge in [-0.2, -0.15) is 4.68 Å². The van der Waals surface area contributed by atoms with Crippen molar-refractivity contribution in [2.24, 2.45) is 0 Å². The van der Waals surface area contributed by atoms with Gasteiger partial charge in [0.25, 0.3) is 17.6 Å². The van der Waals surface area contributed by atoms with E-state index in [9.17, 15) is 14.4 Å². The number of H-pyrrole nitrogens is 1. The number of nitrogens with one attached hydrogen (secondary N) is 1. The minimum Gasteiger partial charge on any atom is -0.494 e. The molecule has 2 amide bonds. The van der Waals surface area contributed by atoms with Crippen LogP contribution in [0.15, 0.2) is 49.1 Å². The first-order valence-electron chi connectivity index (χ1n) is 11.3. The zero-order valence-electron chi connectivity index (χ0n) is 19.7. The number of amides is 2. The molecule has 4 heterocycles. The van der Waals surface area contributed by atoms with Crippen LogP contribution in [0.2, 0.25) is 0 Å². The Labute approximate surface area is 205 Å². The summed E-state index contributed by atoms with van der Waals surface area (Å²) < 4.78 is 6.79. The highest BCUT2D eigenvalue weighted by Crippen LogP contribution is 2.32. The van der Waals surface area contributed by atoms with E-state index in [2.05, 4.69) is 20.1 Å². The van der Waals surface area contributed by atoms with Crippen molar-refractivity contribution in [3.63, 3.8) is 0 Å². The summed E-state index contributed by atoms with van der Waals surface area (Å²) >= 11 is 0. The third-order valence-electron chi connectivity index (χ3n) is 6.24. The summed E-state index contributed by atoms with van der Waals surface area (Å²) in [6, 6.07) is 8.74. The molecule has 1 aliphatic heterocycles. The topological polar surface area (TPSA) is 152 Å². The van der Waals surface area contributed by atoms with Crippen LogP contribution in [0, 0.1) is 0 Å². The van der Waals surface area contributed by atoms with E-state index < -0.39 is 11.7 Å². The van der Waals surface area contributed by atoms with Gasteiger partial charge in [-0.15, -0.1) is 5.10 Å². The zero-order chi connectivity index (χ0) is 25.4. The third kappa shape index (κ3) is 3.91. The van der Waals surface area contributed by atoms with Gasteiger partial charge in [0.05, 0.1) is 29.8 Å². The second-order valence-electron chi connectivity index (χ2n) is 8.44. The van der Waals surface area contributed by atoms with Gasteiger partial charge in [0.1, 0.15) is 12.1 Å². The molecule has 4 aromatic rings. The van der Waals surface area contributed by atoms with Gasteiger partial charge in [0.2, 0.25) is 5.95 Å². The van der Waals surface area contributed by atoms with Crippen LogP contribution in [-0.2, 0) is 4.79 Å². The summed E-state index contributed by atoms with van der Waals surface area (Å²) in [6.45, 7) is 2.68. The molecule has 1 saturated heterocycles. The molecule has 12 heteroatoms. The van der Waals surface area contributed by atoms with Gasteiger partial charge in [-0.3, -0.25) is 14.4 Å².